The Morgan fingerprint density at radius 1 is 1.50 bits per heavy atom. The van der Waals surface area contributed by atoms with Crippen LogP contribution in [0.1, 0.15) is 17.4 Å². The summed E-state index contributed by atoms with van der Waals surface area (Å²) in [5, 5.41) is 19.7. The van der Waals surface area contributed by atoms with Gasteiger partial charge in [-0.1, -0.05) is 0 Å². The van der Waals surface area contributed by atoms with E-state index >= 15 is 0 Å². The summed E-state index contributed by atoms with van der Waals surface area (Å²) in [5.41, 5.74) is 1.57. The minimum Gasteiger partial charge on any atom is -0.497 e. The first-order valence-electron chi connectivity index (χ1n) is 7.11. The molecular formula is C16H14N2O4S2. The highest BCUT2D eigenvalue weighted by atomic mass is 32.1. The van der Waals surface area contributed by atoms with Crippen LogP contribution in [0.4, 0.5) is 5.69 Å². The van der Waals surface area contributed by atoms with Gasteiger partial charge in [-0.05, 0) is 37.4 Å². The first-order chi connectivity index (χ1) is 11.5. The molecule has 6 nitrogen and oxygen atoms in total. The van der Waals surface area contributed by atoms with Crippen LogP contribution in [-0.2, 0) is 11.3 Å². The highest BCUT2D eigenvalue weighted by Crippen LogP contribution is 2.40. The Kier molecular flexibility index (Phi) is 4.25. The predicted molar refractivity (Wildman–Crippen MR) is 96.1 cm³/mol. The molecule has 24 heavy (non-hydrogen) atoms. The molecule has 0 radical (unpaired) electrons. The normalized spacial score (nSPS) is 14.6. The lowest BCUT2D eigenvalue weighted by Gasteiger charge is -2.04. The number of aromatic hydroxyl groups is 1. The van der Waals surface area contributed by atoms with Gasteiger partial charge in [0.05, 0.1) is 17.7 Å². The number of aliphatic imine (C=N–C) groups is 1. The summed E-state index contributed by atoms with van der Waals surface area (Å²) < 4.78 is 7.27. The van der Waals surface area contributed by atoms with Crippen LogP contribution < -0.4 is 4.74 Å². The quantitative estimate of drug-likeness (QED) is 0.810. The molecule has 2 N–H and O–H groups in total. The molecule has 2 aromatic rings. The van der Waals surface area contributed by atoms with Crippen molar-refractivity contribution in [3.05, 3.63) is 32.6 Å². The average Bonchev–Trinajstić information content (AvgIpc) is 3.05. The maximum Gasteiger partial charge on any atom is 0.355 e. The fraction of sp³-hybridized carbons (Fsp3) is 0.188. The predicted octanol–water partition coefficient (Wildman–Crippen LogP) is 3.72. The molecule has 0 aliphatic carbocycles. The highest BCUT2D eigenvalue weighted by Gasteiger charge is 2.27. The molecule has 0 spiro atoms. The van der Waals surface area contributed by atoms with E-state index in [9.17, 15) is 15.0 Å². The van der Waals surface area contributed by atoms with E-state index in [4.69, 9.17) is 17.0 Å². The molecule has 0 amide bonds. The minimum absolute atomic E-state index is 0.0340. The molecule has 8 heteroatoms. The summed E-state index contributed by atoms with van der Waals surface area (Å²) in [6.45, 7) is 2.42. The number of carboxylic acids is 1. The van der Waals surface area contributed by atoms with Crippen LogP contribution in [-0.4, -0.2) is 33.6 Å². The molecule has 0 saturated carbocycles. The molecule has 0 bridgehead atoms. The number of hydrogen-bond acceptors (Lipinski definition) is 6. The van der Waals surface area contributed by atoms with Gasteiger partial charge in [0.25, 0.3) is 0 Å². The van der Waals surface area contributed by atoms with Crippen molar-refractivity contribution in [2.24, 2.45) is 4.99 Å². The van der Waals surface area contributed by atoms with Gasteiger partial charge in [0.15, 0.2) is 9.67 Å². The number of methoxy groups -OCH3 is 1. The number of hydrogen-bond donors (Lipinski definition) is 2. The lowest BCUT2D eigenvalue weighted by atomic mass is 10.0. The molecule has 1 aliphatic heterocycles. The molecule has 2 heterocycles. The van der Waals surface area contributed by atoms with Crippen molar-refractivity contribution < 1.29 is 19.7 Å². The largest absolute Gasteiger partial charge is 0.497 e. The second-order valence-corrected chi connectivity index (χ2v) is 6.68. The third-order valence-electron chi connectivity index (χ3n) is 3.67. The third kappa shape index (κ3) is 2.63. The number of aliphatic carboxylic acids is 1. The second kappa shape index (κ2) is 6.21. The topological polar surface area (TPSA) is 84.1 Å². The maximum absolute atomic E-state index is 11.6. The van der Waals surface area contributed by atoms with E-state index in [1.54, 1.807) is 28.8 Å². The minimum atomic E-state index is -1.13. The van der Waals surface area contributed by atoms with Crippen molar-refractivity contribution in [2.45, 2.75) is 13.5 Å². The van der Waals surface area contributed by atoms with Crippen LogP contribution in [0.25, 0.3) is 11.6 Å². The molecule has 0 fully saturated rings. The highest BCUT2D eigenvalue weighted by molar-refractivity contribution is 7.73. The van der Waals surface area contributed by atoms with Gasteiger partial charge in [0, 0.05) is 23.7 Å². The lowest BCUT2D eigenvalue weighted by molar-refractivity contribution is -0.129. The van der Waals surface area contributed by atoms with E-state index in [0.717, 1.165) is 0 Å². The van der Waals surface area contributed by atoms with Gasteiger partial charge in [0.2, 0.25) is 5.88 Å². The molecule has 1 aliphatic rings. The molecule has 1 aromatic carbocycles. The lowest BCUT2D eigenvalue weighted by Crippen LogP contribution is -2.11. The number of ether oxygens (including phenoxy) is 1. The number of aromatic nitrogens is 1. The first kappa shape index (κ1) is 16.4. The van der Waals surface area contributed by atoms with Crippen molar-refractivity contribution in [3.8, 4) is 11.6 Å². The SMILES string of the molecule is CCn1c(O)c(/C=C2/C(C(=O)O)=Nc3cc(OC)ccc32)sc1=S. The Bertz CT molecular complexity index is 953. The monoisotopic (exact) mass is 362 g/mol. The van der Waals surface area contributed by atoms with Crippen molar-refractivity contribution in [1.29, 1.82) is 0 Å². The maximum atomic E-state index is 11.6. The van der Waals surface area contributed by atoms with Crippen LogP contribution in [0.15, 0.2) is 23.2 Å². The zero-order chi connectivity index (χ0) is 17.4. The Morgan fingerprint density at radius 2 is 2.25 bits per heavy atom. The fourth-order valence-corrected chi connectivity index (χ4v) is 3.87. The number of carbonyl (C=O) groups is 1. The van der Waals surface area contributed by atoms with Gasteiger partial charge in [-0.15, -0.1) is 11.3 Å². The fourth-order valence-electron chi connectivity index (χ4n) is 2.49. The van der Waals surface area contributed by atoms with Crippen LogP contribution in [0.2, 0.25) is 0 Å². The van der Waals surface area contributed by atoms with E-state index in [1.165, 1.54) is 18.4 Å². The van der Waals surface area contributed by atoms with Crippen LogP contribution >= 0.6 is 23.6 Å². The van der Waals surface area contributed by atoms with E-state index in [1.807, 2.05) is 6.92 Å². The molecule has 0 saturated heterocycles. The number of benzene rings is 1. The second-order valence-electron chi connectivity index (χ2n) is 5.01. The molecule has 124 valence electrons. The molecular weight excluding hydrogens is 348 g/mol. The number of thiazole rings is 1. The summed E-state index contributed by atoms with van der Waals surface area (Å²) in [5.74, 6) is -0.500. The number of nitrogens with zero attached hydrogens (tertiary/aromatic N) is 2. The van der Waals surface area contributed by atoms with Gasteiger partial charge < -0.3 is 14.9 Å². The summed E-state index contributed by atoms with van der Waals surface area (Å²) in [6.07, 6.45) is 1.62. The Morgan fingerprint density at radius 3 is 2.83 bits per heavy atom. The van der Waals surface area contributed by atoms with Crippen molar-refractivity contribution in [1.82, 2.24) is 4.57 Å². The van der Waals surface area contributed by atoms with E-state index < -0.39 is 5.97 Å². The van der Waals surface area contributed by atoms with Crippen molar-refractivity contribution in [2.75, 3.05) is 7.11 Å². The summed E-state index contributed by atoms with van der Waals surface area (Å²) >= 11 is 6.45. The smallest absolute Gasteiger partial charge is 0.355 e. The van der Waals surface area contributed by atoms with Gasteiger partial charge >= 0.3 is 5.97 Å². The van der Waals surface area contributed by atoms with Crippen molar-refractivity contribution in [3.63, 3.8) is 0 Å². The van der Waals surface area contributed by atoms with E-state index in [2.05, 4.69) is 4.99 Å². The molecule has 3 rings (SSSR count). The van der Waals surface area contributed by atoms with Gasteiger partial charge in [-0.2, -0.15) is 0 Å². The first-order valence-corrected chi connectivity index (χ1v) is 8.33. The molecule has 0 atom stereocenters. The van der Waals surface area contributed by atoms with Crippen LogP contribution in [0.5, 0.6) is 11.6 Å². The number of fused-ring (bicyclic) bond motifs is 1. The summed E-state index contributed by atoms with van der Waals surface area (Å²) in [4.78, 5) is 16.2. The van der Waals surface area contributed by atoms with Crippen LogP contribution in [0, 0.1) is 3.95 Å². The van der Waals surface area contributed by atoms with Gasteiger partial charge in [-0.3, -0.25) is 4.57 Å². The summed E-state index contributed by atoms with van der Waals surface area (Å²) in [7, 11) is 1.54. The number of carboxylic acid groups (broad SMARTS) is 1. The molecule has 0 unspecified atom stereocenters. The van der Waals surface area contributed by atoms with E-state index in [-0.39, 0.29) is 11.6 Å². The van der Waals surface area contributed by atoms with Gasteiger partial charge in [0.1, 0.15) is 5.75 Å². The van der Waals surface area contributed by atoms with Gasteiger partial charge in [-0.25, -0.2) is 9.79 Å². The average molecular weight is 362 g/mol. The Hall–Kier alpha value is -2.45. The third-order valence-corrected chi connectivity index (χ3v) is 5.06. The number of rotatable bonds is 4. The molecule has 1 aromatic heterocycles. The standard InChI is InChI=1S/C16H14N2O4S2/c1-3-18-14(19)12(24-16(18)23)7-10-9-5-4-8(22-2)6-11(9)17-13(10)15(20)21/h4-7,19H,3H2,1-2H3,(H,20,21)/b10-7+. The Balaban J connectivity index is 2.18. The van der Waals surface area contributed by atoms with Crippen molar-refractivity contribution >= 4 is 52.6 Å². The zero-order valence-electron chi connectivity index (χ0n) is 12.9. The zero-order valence-corrected chi connectivity index (χ0v) is 14.6. The Labute approximate surface area is 147 Å². The summed E-state index contributed by atoms with van der Waals surface area (Å²) in [6, 6.07) is 5.18. The van der Waals surface area contributed by atoms with E-state index in [0.29, 0.717) is 37.9 Å². The van der Waals surface area contributed by atoms with Crippen LogP contribution in [0.3, 0.4) is 0 Å².